The van der Waals surface area contributed by atoms with Gasteiger partial charge in [0, 0.05) is 35.3 Å². The van der Waals surface area contributed by atoms with E-state index in [1.165, 1.54) is 6.07 Å². The largest absolute Gasteiger partial charge is 0.493 e. The lowest BCUT2D eigenvalue weighted by atomic mass is 9.87. The standard InChI is InChI=1S/C27H28ClFN2O3/c1-17(30-27(32)18-8-10-21(28)11-9-18)26-22-15-25(34-3)24(33-2)14-19(22)12-13-31(26)16-20-6-4-5-7-23(20)29/h4-11,14-15,17,26H,12-13,16H2,1-3H3,(H,30,32). The summed E-state index contributed by atoms with van der Waals surface area (Å²) in [7, 11) is 3.22. The Labute approximate surface area is 204 Å². The molecule has 34 heavy (non-hydrogen) atoms. The molecule has 7 heteroatoms. The first kappa shape index (κ1) is 24.0. The van der Waals surface area contributed by atoms with E-state index in [0.717, 1.165) is 17.5 Å². The van der Waals surface area contributed by atoms with E-state index in [-0.39, 0.29) is 23.8 Å². The summed E-state index contributed by atoms with van der Waals surface area (Å²) in [4.78, 5) is 15.2. The molecular formula is C27H28ClFN2O3. The maximum Gasteiger partial charge on any atom is 0.251 e. The lowest BCUT2D eigenvalue weighted by molar-refractivity contribution is 0.0875. The van der Waals surface area contributed by atoms with Gasteiger partial charge < -0.3 is 14.8 Å². The summed E-state index contributed by atoms with van der Waals surface area (Å²) in [5.41, 5.74) is 3.30. The monoisotopic (exact) mass is 482 g/mol. The molecule has 3 aromatic carbocycles. The highest BCUT2D eigenvalue weighted by atomic mass is 35.5. The first-order chi connectivity index (χ1) is 16.4. The predicted molar refractivity (Wildman–Crippen MR) is 131 cm³/mol. The molecule has 0 spiro atoms. The third-order valence-electron chi connectivity index (χ3n) is 6.30. The highest BCUT2D eigenvalue weighted by Crippen LogP contribution is 2.40. The second-order valence-electron chi connectivity index (χ2n) is 8.43. The van der Waals surface area contributed by atoms with E-state index >= 15 is 0 Å². The van der Waals surface area contributed by atoms with Crippen LogP contribution in [0.4, 0.5) is 4.39 Å². The van der Waals surface area contributed by atoms with Crippen LogP contribution in [0.1, 0.15) is 40.0 Å². The number of amides is 1. The minimum absolute atomic E-state index is 0.192. The second-order valence-corrected chi connectivity index (χ2v) is 8.87. The van der Waals surface area contributed by atoms with Crippen LogP contribution >= 0.6 is 11.6 Å². The summed E-state index contributed by atoms with van der Waals surface area (Å²) in [5, 5.41) is 3.71. The molecule has 0 aliphatic carbocycles. The van der Waals surface area contributed by atoms with Crippen LogP contribution in [0.2, 0.25) is 5.02 Å². The van der Waals surface area contributed by atoms with Crippen molar-refractivity contribution in [1.29, 1.82) is 0 Å². The van der Waals surface area contributed by atoms with Crippen LogP contribution in [0.3, 0.4) is 0 Å². The molecule has 2 unspecified atom stereocenters. The summed E-state index contributed by atoms with van der Waals surface area (Å²) in [6, 6.07) is 17.1. The van der Waals surface area contributed by atoms with Crippen molar-refractivity contribution in [2.24, 2.45) is 0 Å². The van der Waals surface area contributed by atoms with Gasteiger partial charge in [0.25, 0.3) is 5.91 Å². The van der Waals surface area contributed by atoms with Crippen molar-refractivity contribution in [3.8, 4) is 11.5 Å². The number of nitrogens with one attached hydrogen (secondary N) is 1. The van der Waals surface area contributed by atoms with Crippen LogP contribution in [0.25, 0.3) is 0 Å². The minimum Gasteiger partial charge on any atom is -0.493 e. The third kappa shape index (κ3) is 5.03. The number of halogens is 2. The van der Waals surface area contributed by atoms with Gasteiger partial charge in [-0.1, -0.05) is 29.8 Å². The summed E-state index contributed by atoms with van der Waals surface area (Å²) >= 11 is 5.97. The van der Waals surface area contributed by atoms with Gasteiger partial charge in [0.2, 0.25) is 0 Å². The number of methoxy groups -OCH3 is 2. The number of ether oxygens (including phenoxy) is 2. The first-order valence-electron chi connectivity index (χ1n) is 11.2. The summed E-state index contributed by atoms with van der Waals surface area (Å²) in [6.45, 7) is 3.10. The van der Waals surface area contributed by atoms with E-state index in [1.807, 2.05) is 25.1 Å². The van der Waals surface area contributed by atoms with E-state index in [0.29, 0.717) is 40.7 Å². The van der Waals surface area contributed by atoms with Crippen molar-refractivity contribution < 1.29 is 18.7 Å². The molecule has 1 amide bonds. The molecule has 1 heterocycles. The van der Waals surface area contributed by atoms with Crippen molar-refractivity contribution in [3.05, 3.63) is 93.8 Å². The number of carbonyl (C=O) groups excluding carboxylic acids is 1. The van der Waals surface area contributed by atoms with Crippen LogP contribution in [0, 0.1) is 5.82 Å². The van der Waals surface area contributed by atoms with Crippen LogP contribution in [0.15, 0.2) is 60.7 Å². The highest BCUT2D eigenvalue weighted by Gasteiger charge is 2.34. The zero-order chi connectivity index (χ0) is 24.2. The molecule has 178 valence electrons. The molecule has 1 N–H and O–H groups in total. The van der Waals surface area contributed by atoms with Gasteiger partial charge in [0.15, 0.2) is 11.5 Å². The average molecular weight is 483 g/mol. The summed E-state index contributed by atoms with van der Waals surface area (Å²) in [6.07, 6.45) is 0.776. The minimum atomic E-state index is -0.271. The number of carbonyl (C=O) groups is 1. The number of hydrogen-bond donors (Lipinski definition) is 1. The van der Waals surface area contributed by atoms with Crippen molar-refractivity contribution in [1.82, 2.24) is 10.2 Å². The number of nitrogens with zero attached hydrogens (tertiary/aromatic N) is 1. The van der Waals surface area contributed by atoms with Crippen molar-refractivity contribution in [3.63, 3.8) is 0 Å². The van der Waals surface area contributed by atoms with Gasteiger partial charge >= 0.3 is 0 Å². The Morgan fingerprint density at radius 3 is 2.47 bits per heavy atom. The van der Waals surface area contributed by atoms with Gasteiger partial charge in [-0.3, -0.25) is 9.69 Å². The van der Waals surface area contributed by atoms with Gasteiger partial charge in [-0.05, 0) is 66.9 Å². The molecule has 1 aliphatic rings. The normalized spacial score (nSPS) is 16.4. The molecule has 0 saturated heterocycles. The van der Waals surface area contributed by atoms with E-state index in [1.54, 1.807) is 50.6 Å². The Kier molecular flexibility index (Phi) is 7.39. The Bertz CT molecular complexity index is 1170. The molecule has 5 nitrogen and oxygen atoms in total. The average Bonchev–Trinajstić information content (AvgIpc) is 2.84. The topological polar surface area (TPSA) is 50.8 Å². The van der Waals surface area contributed by atoms with E-state index in [9.17, 15) is 9.18 Å². The molecular weight excluding hydrogens is 455 g/mol. The van der Waals surface area contributed by atoms with E-state index in [2.05, 4.69) is 10.2 Å². The van der Waals surface area contributed by atoms with Gasteiger partial charge in [-0.15, -0.1) is 0 Å². The summed E-state index contributed by atoms with van der Waals surface area (Å²) < 4.78 is 25.6. The van der Waals surface area contributed by atoms with Crippen LogP contribution < -0.4 is 14.8 Å². The highest BCUT2D eigenvalue weighted by molar-refractivity contribution is 6.30. The maximum atomic E-state index is 14.5. The van der Waals surface area contributed by atoms with Crippen LogP contribution in [-0.2, 0) is 13.0 Å². The van der Waals surface area contributed by atoms with Gasteiger partial charge in [-0.25, -0.2) is 4.39 Å². The lowest BCUT2D eigenvalue weighted by Gasteiger charge is -2.41. The van der Waals surface area contributed by atoms with Gasteiger partial charge in [0.1, 0.15) is 5.82 Å². The smallest absolute Gasteiger partial charge is 0.251 e. The van der Waals surface area contributed by atoms with Crippen molar-refractivity contribution in [2.45, 2.75) is 32.0 Å². The quantitative estimate of drug-likeness (QED) is 0.489. The molecule has 0 bridgehead atoms. The predicted octanol–water partition coefficient (Wildman–Crippen LogP) is 5.41. The molecule has 0 fully saturated rings. The van der Waals surface area contributed by atoms with Crippen molar-refractivity contribution in [2.75, 3.05) is 20.8 Å². The Balaban J connectivity index is 1.69. The van der Waals surface area contributed by atoms with Gasteiger partial charge in [0.05, 0.1) is 20.3 Å². The first-order valence-corrected chi connectivity index (χ1v) is 11.6. The van der Waals surface area contributed by atoms with Crippen LogP contribution in [-0.4, -0.2) is 37.6 Å². The zero-order valence-corrected chi connectivity index (χ0v) is 20.2. The van der Waals surface area contributed by atoms with Crippen molar-refractivity contribution >= 4 is 17.5 Å². The molecule has 1 aliphatic heterocycles. The fourth-order valence-corrected chi connectivity index (χ4v) is 4.73. The lowest BCUT2D eigenvalue weighted by Crippen LogP contribution is -2.47. The molecule has 4 rings (SSSR count). The SMILES string of the molecule is COc1cc2c(cc1OC)C(C(C)NC(=O)c1ccc(Cl)cc1)N(Cc1ccccc1F)CC2. The Morgan fingerprint density at radius 2 is 1.79 bits per heavy atom. The Hall–Kier alpha value is -3.09. The molecule has 0 radical (unpaired) electrons. The Morgan fingerprint density at radius 1 is 1.12 bits per heavy atom. The number of benzene rings is 3. The second kappa shape index (κ2) is 10.5. The molecule has 2 atom stereocenters. The number of hydrogen-bond acceptors (Lipinski definition) is 4. The third-order valence-corrected chi connectivity index (χ3v) is 6.55. The number of fused-ring (bicyclic) bond motifs is 1. The fraction of sp³-hybridized carbons (Fsp3) is 0.296. The zero-order valence-electron chi connectivity index (χ0n) is 19.5. The summed E-state index contributed by atoms with van der Waals surface area (Å²) in [5.74, 6) is 0.857. The van der Waals surface area contributed by atoms with Crippen LogP contribution in [0.5, 0.6) is 11.5 Å². The molecule has 0 saturated carbocycles. The fourth-order valence-electron chi connectivity index (χ4n) is 4.61. The van der Waals surface area contributed by atoms with E-state index in [4.69, 9.17) is 21.1 Å². The molecule has 0 aromatic heterocycles. The van der Waals surface area contributed by atoms with Gasteiger partial charge in [-0.2, -0.15) is 0 Å². The number of rotatable bonds is 7. The molecule has 3 aromatic rings. The maximum absolute atomic E-state index is 14.5. The van der Waals surface area contributed by atoms with E-state index < -0.39 is 0 Å².